The van der Waals surface area contributed by atoms with Gasteiger partial charge in [0.25, 0.3) is 5.91 Å². The maximum Gasteiger partial charge on any atom is 0.416 e. The highest BCUT2D eigenvalue weighted by Crippen LogP contribution is 2.37. The maximum absolute atomic E-state index is 13.6. The zero-order valence-corrected chi connectivity index (χ0v) is 20.6. The minimum Gasteiger partial charge on any atom is -0.326 e. The van der Waals surface area contributed by atoms with Crippen LogP contribution < -0.4 is 10.2 Å². The van der Waals surface area contributed by atoms with Crippen molar-refractivity contribution in [1.82, 2.24) is 5.32 Å². The number of nitrogens with one attached hydrogen (secondary N) is 1. The fourth-order valence-electron chi connectivity index (χ4n) is 4.35. The average molecular weight is 547 g/mol. The summed E-state index contributed by atoms with van der Waals surface area (Å²) in [6, 6.07) is 17.0. The smallest absolute Gasteiger partial charge is 0.326 e. The number of anilines is 1. The molecule has 1 heterocycles. The molecule has 0 fully saturated rings. The van der Waals surface area contributed by atoms with E-state index in [4.69, 9.17) is 0 Å². The molecular weight excluding hydrogens is 524 g/mol. The van der Waals surface area contributed by atoms with E-state index >= 15 is 0 Å². The summed E-state index contributed by atoms with van der Waals surface area (Å²) in [6.45, 7) is 2.15. The number of alkyl halides is 6. The first-order valence-corrected chi connectivity index (χ1v) is 12.0. The molecule has 5 nitrogen and oxygen atoms in total. The van der Waals surface area contributed by atoms with Gasteiger partial charge in [0, 0.05) is 17.7 Å². The van der Waals surface area contributed by atoms with Gasteiger partial charge in [-0.15, -0.1) is 0 Å². The van der Waals surface area contributed by atoms with Crippen LogP contribution in [0.5, 0.6) is 0 Å². The van der Waals surface area contributed by atoms with Gasteiger partial charge in [-0.25, -0.2) is 4.99 Å². The average Bonchev–Trinajstić information content (AvgIpc) is 2.99. The summed E-state index contributed by atoms with van der Waals surface area (Å²) in [5.74, 6) is -1.59. The number of nitrogens with zero attached hydrogens (tertiary/aromatic N) is 2. The van der Waals surface area contributed by atoms with Crippen molar-refractivity contribution in [3.05, 3.63) is 101 Å². The van der Waals surface area contributed by atoms with Gasteiger partial charge < -0.3 is 10.2 Å². The van der Waals surface area contributed by atoms with Crippen LogP contribution in [0.25, 0.3) is 0 Å². The third-order valence-corrected chi connectivity index (χ3v) is 6.09. The predicted octanol–water partition coefficient (Wildman–Crippen LogP) is 6.00. The van der Waals surface area contributed by atoms with Gasteiger partial charge in [-0.05, 0) is 30.2 Å². The van der Waals surface area contributed by atoms with Crippen LogP contribution in [-0.2, 0) is 28.4 Å². The lowest BCUT2D eigenvalue weighted by molar-refractivity contribution is -0.143. The van der Waals surface area contributed by atoms with E-state index in [0.29, 0.717) is 41.1 Å². The predicted molar refractivity (Wildman–Crippen MR) is 133 cm³/mol. The molecular formula is C28H23F6N3O2. The molecule has 0 saturated carbocycles. The summed E-state index contributed by atoms with van der Waals surface area (Å²) < 4.78 is 79.8. The summed E-state index contributed by atoms with van der Waals surface area (Å²) >= 11 is 0. The first-order chi connectivity index (χ1) is 18.4. The maximum atomic E-state index is 13.6. The highest BCUT2D eigenvalue weighted by atomic mass is 19.4. The number of hydrogen-bond acceptors (Lipinski definition) is 3. The SMILES string of the molecule is CCCN1C(=O)[C@H](NC(=O)Cc2ccc(C(F)(F)F)cc2C(F)(F)F)N=C(c2ccccc2)c2ccccc21. The topological polar surface area (TPSA) is 61.8 Å². The summed E-state index contributed by atoms with van der Waals surface area (Å²) in [5, 5.41) is 2.40. The molecule has 11 heteroatoms. The van der Waals surface area contributed by atoms with Crippen molar-refractivity contribution in [2.24, 2.45) is 4.99 Å². The standard InChI is InChI=1S/C28H23F6N3O2/c1-2-14-37-22-11-7-6-10-20(22)24(17-8-4-3-5-9-17)36-25(26(37)39)35-23(38)15-18-12-13-19(27(29,30)31)16-21(18)28(32,33)34/h3-13,16,25H,2,14-15H2,1H3,(H,35,38)/t25-/m1/s1. The van der Waals surface area contributed by atoms with E-state index < -0.39 is 53.4 Å². The van der Waals surface area contributed by atoms with E-state index in [1.54, 1.807) is 54.6 Å². The third kappa shape index (κ3) is 6.13. The Morgan fingerprint density at radius 3 is 2.23 bits per heavy atom. The van der Waals surface area contributed by atoms with Gasteiger partial charge in [0.2, 0.25) is 12.1 Å². The molecule has 0 unspecified atom stereocenters. The molecule has 0 spiro atoms. The molecule has 3 aromatic carbocycles. The highest BCUT2D eigenvalue weighted by Gasteiger charge is 2.39. The Morgan fingerprint density at radius 2 is 1.59 bits per heavy atom. The second kappa shape index (κ2) is 10.9. The van der Waals surface area contributed by atoms with Crippen LogP contribution in [0.2, 0.25) is 0 Å². The fourth-order valence-corrected chi connectivity index (χ4v) is 4.35. The zero-order valence-electron chi connectivity index (χ0n) is 20.6. The van der Waals surface area contributed by atoms with E-state index in [2.05, 4.69) is 10.3 Å². The molecule has 4 rings (SSSR count). The molecule has 0 aromatic heterocycles. The van der Waals surface area contributed by atoms with Crippen LogP contribution in [0.4, 0.5) is 32.0 Å². The van der Waals surface area contributed by atoms with E-state index in [9.17, 15) is 35.9 Å². The minimum absolute atomic E-state index is 0.0231. The van der Waals surface area contributed by atoms with Crippen molar-refractivity contribution in [3.63, 3.8) is 0 Å². The molecule has 0 bridgehead atoms. The molecule has 204 valence electrons. The van der Waals surface area contributed by atoms with Crippen molar-refractivity contribution >= 4 is 23.2 Å². The summed E-state index contributed by atoms with van der Waals surface area (Å²) in [4.78, 5) is 32.5. The lowest BCUT2D eigenvalue weighted by atomic mass is 10.00. The van der Waals surface area contributed by atoms with Gasteiger partial charge in [-0.1, -0.05) is 61.5 Å². The molecule has 39 heavy (non-hydrogen) atoms. The van der Waals surface area contributed by atoms with Crippen molar-refractivity contribution in [2.75, 3.05) is 11.4 Å². The van der Waals surface area contributed by atoms with Gasteiger partial charge in [-0.2, -0.15) is 26.3 Å². The molecule has 0 radical (unpaired) electrons. The third-order valence-electron chi connectivity index (χ3n) is 6.09. The van der Waals surface area contributed by atoms with Gasteiger partial charge in [0.15, 0.2) is 0 Å². The van der Waals surface area contributed by atoms with E-state index in [-0.39, 0.29) is 12.6 Å². The lowest BCUT2D eigenvalue weighted by Crippen LogP contribution is -2.48. The van der Waals surface area contributed by atoms with E-state index in [1.165, 1.54) is 4.90 Å². The number of hydrogen-bond donors (Lipinski definition) is 1. The van der Waals surface area contributed by atoms with Crippen LogP contribution in [0.15, 0.2) is 77.8 Å². The minimum atomic E-state index is -5.13. The number of carbonyl (C=O) groups excluding carboxylic acids is 2. The summed E-state index contributed by atoms with van der Waals surface area (Å²) in [7, 11) is 0. The van der Waals surface area contributed by atoms with Crippen molar-refractivity contribution < 1.29 is 35.9 Å². The number of benzene rings is 3. The van der Waals surface area contributed by atoms with E-state index in [0.717, 1.165) is 0 Å². The Kier molecular flexibility index (Phi) is 7.80. The molecule has 1 aliphatic rings. The van der Waals surface area contributed by atoms with Gasteiger partial charge in [-0.3, -0.25) is 9.59 Å². The molecule has 0 aliphatic carbocycles. The molecule has 1 N–H and O–H groups in total. The first-order valence-electron chi connectivity index (χ1n) is 12.0. The van der Waals surface area contributed by atoms with Crippen LogP contribution in [0, 0.1) is 0 Å². The number of para-hydroxylation sites is 1. The van der Waals surface area contributed by atoms with Crippen LogP contribution in [-0.4, -0.2) is 30.2 Å². The normalized spacial score (nSPS) is 15.9. The molecule has 1 atom stereocenters. The molecule has 1 aliphatic heterocycles. The van der Waals surface area contributed by atoms with Gasteiger partial charge in [0.1, 0.15) is 0 Å². The number of halogens is 6. The van der Waals surface area contributed by atoms with E-state index in [1.807, 2.05) is 6.92 Å². The lowest BCUT2D eigenvalue weighted by Gasteiger charge is -2.25. The molecule has 2 amide bonds. The number of rotatable bonds is 6. The number of benzodiazepines with no additional fused rings is 1. The quantitative estimate of drug-likeness (QED) is 0.385. The Labute approximate surface area is 220 Å². The number of aliphatic imine (C=N–C) groups is 1. The Bertz CT molecular complexity index is 1400. The van der Waals surface area contributed by atoms with Gasteiger partial charge in [0.05, 0.1) is 28.9 Å². The fraction of sp³-hybridized carbons (Fsp3) is 0.250. The first kappa shape index (κ1) is 27.9. The van der Waals surface area contributed by atoms with Gasteiger partial charge >= 0.3 is 12.4 Å². The van der Waals surface area contributed by atoms with Crippen molar-refractivity contribution in [1.29, 1.82) is 0 Å². The monoisotopic (exact) mass is 547 g/mol. The summed E-state index contributed by atoms with van der Waals surface area (Å²) in [6.07, 6.45) is -11.9. The highest BCUT2D eigenvalue weighted by molar-refractivity contribution is 6.20. The number of carbonyl (C=O) groups is 2. The Hall–Kier alpha value is -4.15. The number of amides is 2. The van der Waals surface area contributed by atoms with Crippen LogP contribution >= 0.6 is 0 Å². The van der Waals surface area contributed by atoms with Crippen molar-refractivity contribution in [2.45, 2.75) is 38.3 Å². The Balaban J connectivity index is 1.71. The number of fused-ring (bicyclic) bond motifs is 1. The summed E-state index contributed by atoms with van der Waals surface area (Å²) in [5.41, 5.74) is -1.48. The second-order valence-corrected chi connectivity index (χ2v) is 8.87. The van der Waals surface area contributed by atoms with Crippen LogP contribution in [0.3, 0.4) is 0 Å². The largest absolute Gasteiger partial charge is 0.416 e. The Morgan fingerprint density at radius 1 is 0.923 bits per heavy atom. The van der Waals surface area contributed by atoms with Crippen molar-refractivity contribution in [3.8, 4) is 0 Å². The molecule has 3 aromatic rings. The van der Waals surface area contributed by atoms with Crippen LogP contribution in [0.1, 0.15) is 41.2 Å². The second-order valence-electron chi connectivity index (χ2n) is 8.87. The molecule has 0 saturated heterocycles. The zero-order chi connectivity index (χ0) is 28.4.